The minimum absolute atomic E-state index is 0.271. The maximum absolute atomic E-state index is 13.2. The molecule has 17 heavy (non-hydrogen) atoms. The second kappa shape index (κ2) is 5.21. The Morgan fingerprint density at radius 3 is 2.82 bits per heavy atom. The molecule has 1 N–H and O–H groups in total. The Hall–Kier alpha value is -1.52. The minimum atomic E-state index is -0.325. The smallest absolute Gasteiger partial charge is 0.123 e. The molecule has 1 aromatic carbocycles. The average molecular weight is 252 g/mol. The molecule has 1 atom stereocenters. The summed E-state index contributed by atoms with van der Waals surface area (Å²) in [5, 5.41) is 3.55. The quantitative estimate of drug-likeness (QED) is 0.911. The van der Waals surface area contributed by atoms with Crippen LogP contribution in [0.4, 0.5) is 4.39 Å². The van der Waals surface area contributed by atoms with Crippen molar-refractivity contribution in [2.75, 3.05) is 7.05 Å². The predicted octanol–water partition coefficient (Wildman–Crippen LogP) is 2.58. The zero-order valence-corrected chi connectivity index (χ0v) is 9.95. The molecule has 0 spiro atoms. The van der Waals surface area contributed by atoms with Crippen molar-refractivity contribution in [2.24, 2.45) is 0 Å². The van der Waals surface area contributed by atoms with Crippen LogP contribution in [0.15, 0.2) is 36.8 Å². The molecule has 2 aromatic rings. The van der Waals surface area contributed by atoms with E-state index in [0.29, 0.717) is 16.3 Å². The van der Waals surface area contributed by atoms with Gasteiger partial charge in [-0.2, -0.15) is 0 Å². The lowest BCUT2D eigenvalue weighted by Crippen LogP contribution is -2.19. The van der Waals surface area contributed by atoms with Crippen LogP contribution in [0.2, 0.25) is 5.02 Å². The van der Waals surface area contributed by atoms with Gasteiger partial charge in [-0.25, -0.2) is 4.39 Å². The fourth-order valence-electron chi connectivity index (χ4n) is 1.66. The molecule has 0 amide bonds. The van der Waals surface area contributed by atoms with Gasteiger partial charge in [-0.15, -0.1) is 0 Å². The fraction of sp³-hybridized carbons (Fsp3) is 0.167. The number of nitrogens with one attached hydrogen (secondary N) is 1. The van der Waals surface area contributed by atoms with Gasteiger partial charge in [0.25, 0.3) is 0 Å². The van der Waals surface area contributed by atoms with Gasteiger partial charge in [-0.05, 0) is 30.8 Å². The normalized spacial score (nSPS) is 12.4. The summed E-state index contributed by atoms with van der Waals surface area (Å²) in [6, 6.07) is 3.99. The van der Waals surface area contributed by atoms with Crippen LogP contribution >= 0.6 is 11.6 Å². The van der Waals surface area contributed by atoms with Crippen molar-refractivity contribution in [3.05, 3.63) is 58.9 Å². The predicted molar refractivity (Wildman–Crippen MR) is 64.3 cm³/mol. The van der Waals surface area contributed by atoms with E-state index >= 15 is 0 Å². The van der Waals surface area contributed by atoms with Gasteiger partial charge in [0, 0.05) is 17.4 Å². The van der Waals surface area contributed by atoms with Crippen molar-refractivity contribution in [1.29, 1.82) is 0 Å². The molecule has 0 radical (unpaired) electrons. The molecular formula is C12H11ClFN3. The van der Waals surface area contributed by atoms with Gasteiger partial charge in [0.05, 0.1) is 17.9 Å². The molecule has 0 fully saturated rings. The third-order valence-electron chi connectivity index (χ3n) is 2.44. The second-order valence-electron chi connectivity index (χ2n) is 3.52. The molecular weight excluding hydrogens is 241 g/mol. The molecule has 1 heterocycles. The summed E-state index contributed by atoms with van der Waals surface area (Å²) < 4.78 is 13.2. The Kier molecular flexibility index (Phi) is 3.66. The van der Waals surface area contributed by atoms with Crippen molar-refractivity contribution in [2.45, 2.75) is 6.04 Å². The summed E-state index contributed by atoms with van der Waals surface area (Å²) in [5.74, 6) is -0.325. The lowest BCUT2D eigenvalue weighted by atomic mass is 10.0. The maximum atomic E-state index is 13.2. The first-order valence-electron chi connectivity index (χ1n) is 5.10. The van der Waals surface area contributed by atoms with Gasteiger partial charge >= 0.3 is 0 Å². The molecule has 0 aliphatic rings. The molecule has 0 bridgehead atoms. The number of hydrogen-bond donors (Lipinski definition) is 1. The highest BCUT2D eigenvalue weighted by Gasteiger charge is 2.17. The highest BCUT2D eigenvalue weighted by Crippen LogP contribution is 2.27. The molecule has 0 saturated carbocycles. The molecule has 88 valence electrons. The van der Waals surface area contributed by atoms with E-state index < -0.39 is 0 Å². The van der Waals surface area contributed by atoms with Crippen molar-refractivity contribution in [1.82, 2.24) is 15.3 Å². The number of hydrogen-bond acceptors (Lipinski definition) is 3. The van der Waals surface area contributed by atoms with Crippen molar-refractivity contribution in [3.63, 3.8) is 0 Å². The lowest BCUT2D eigenvalue weighted by Gasteiger charge is -2.17. The van der Waals surface area contributed by atoms with E-state index in [4.69, 9.17) is 11.6 Å². The minimum Gasteiger partial charge on any atom is -0.308 e. The Morgan fingerprint density at radius 1 is 1.35 bits per heavy atom. The van der Waals surface area contributed by atoms with Crippen LogP contribution in [0.25, 0.3) is 0 Å². The van der Waals surface area contributed by atoms with E-state index in [0.717, 1.165) is 0 Å². The van der Waals surface area contributed by atoms with E-state index in [1.54, 1.807) is 25.6 Å². The van der Waals surface area contributed by atoms with Crippen molar-refractivity contribution < 1.29 is 4.39 Å². The molecule has 0 aliphatic heterocycles. The summed E-state index contributed by atoms with van der Waals surface area (Å²) in [7, 11) is 1.76. The molecule has 1 aromatic heterocycles. The maximum Gasteiger partial charge on any atom is 0.123 e. The number of rotatable bonds is 3. The molecule has 5 heteroatoms. The summed E-state index contributed by atoms with van der Waals surface area (Å²) in [6.07, 6.45) is 4.80. The summed E-state index contributed by atoms with van der Waals surface area (Å²) in [5.41, 5.74) is 1.34. The third kappa shape index (κ3) is 2.60. The first-order valence-corrected chi connectivity index (χ1v) is 5.48. The third-order valence-corrected chi connectivity index (χ3v) is 2.78. The van der Waals surface area contributed by atoms with Gasteiger partial charge in [0.15, 0.2) is 0 Å². The number of halogens is 2. The first-order chi connectivity index (χ1) is 8.22. The monoisotopic (exact) mass is 251 g/mol. The van der Waals surface area contributed by atoms with E-state index in [1.807, 2.05) is 0 Å². The summed E-state index contributed by atoms with van der Waals surface area (Å²) in [4.78, 5) is 8.18. The molecule has 3 nitrogen and oxygen atoms in total. The SMILES string of the molecule is CNC(c1cnccn1)c1cc(F)ccc1Cl. The first kappa shape index (κ1) is 12.0. The average Bonchev–Trinajstić information content (AvgIpc) is 2.36. The fourth-order valence-corrected chi connectivity index (χ4v) is 1.88. The number of aromatic nitrogens is 2. The molecule has 2 rings (SSSR count). The van der Waals surface area contributed by atoms with Crippen LogP contribution in [0.3, 0.4) is 0 Å². The van der Waals surface area contributed by atoms with E-state index in [-0.39, 0.29) is 11.9 Å². The second-order valence-corrected chi connectivity index (χ2v) is 3.93. The van der Waals surface area contributed by atoms with E-state index in [9.17, 15) is 4.39 Å². The molecule has 0 aliphatic carbocycles. The highest BCUT2D eigenvalue weighted by atomic mass is 35.5. The van der Waals surface area contributed by atoms with Gasteiger partial charge in [-0.3, -0.25) is 9.97 Å². The van der Waals surface area contributed by atoms with Crippen molar-refractivity contribution in [3.8, 4) is 0 Å². The zero-order chi connectivity index (χ0) is 12.3. The van der Waals surface area contributed by atoms with Crippen LogP contribution in [-0.4, -0.2) is 17.0 Å². The highest BCUT2D eigenvalue weighted by molar-refractivity contribution is 6.31. The van der Waals surface area contributed by atoms with Gasteiger partial charge in [0.1, 0.15) is 5.82 Å². The van der Waals surface area contributed by atoms with Crippen LogP contribution in [0.1, 0.15) is 17.3 Å². The topological polar surface area (TPSA) is 37.8 Å². The summed E-state index contributed by atoms with van der Waals surface area (Å²) >= 11 is 6.06. The Bertz CT molecular complexity index is 504. The Labute approximate surface area is 104 Å². The zero-order valence-electron chi connectivity index (χ0n) is 9.19. The van der Waals surface area contributed by atoms with Gasteiger partial charge in [0.2, 0.25) is 0 Å². The molecule has 1 unspecified atom stereocenters. The standard InChI is InChI=1S/C12H11ClFN3/c1-15-12(11-7-16-4-5-17-11)9-6-8(14)2-3-10(9)13/h2-7,12,15H,1H3. The lowest BCUT2D eigenvalue weighted by molar-refractivity contribution is 0.613. The van der Waals surface area contributed by atoms with Crippen LogP contribution in [0, 0.1) is 5.82 Å². The van der Waals surface area contributed by atoms with Crippen LogP contribution in [0.5, 0.6) is 0 Å². The van der Waals surface area contributed by atoms with Crippen LogP contribution in [-0.2, 0) is 0 Å². The van der Waals surface area contributed by atoms with Crippen LogP contribution < -0.4 is 5.32 Å². The van der Waals surface area contributed by atoms with E-state index in [2.05, 4.69) is 15.3 Å². The molecule has 0 saturated heterocycles. The number of nitrogens with zero attached hydrogens (tertiary/aromatic N) is 2. The Balaban J connectivity index is 2.46. The number of benzene rings is 1. The summed E-state index contributed by atoms with van der Waals surface area (Å²) in [6.45, 7) is 0. The van der Waals surface area contributed by atoms with Gasteiger partial charge in [-0.1, -0.05) is 11.6 Å². The van der Waals surface area contributed by atoms with E-state index in [1.165, 1.54) is 18.2 Å². The van der Waals surface area contributed by atoms with Gasteiger partial charge < -0.3 is 5.32 Å². The van der Waals surface area contributed by atoms with Crippen molar-refractivity contribution >= 4 is 11.6 Å². The largest absolute Gasteiger partial charge is 0.308 e. The Morgan fingerprint density at radius 2 is 2.18 bits per heavy atom.